The third kappa shape index (κ3) is 5.06. The number of rotatable bonds is 8. The van der Waals surface area contributed by atoms with Crippen molar-refractivity contribution >= 4 is 11.6 Å². The summed E-state index contributed by atoms with van der Waals surface area (Å²) >= 11 is 0. The lowest BCUT2D eigenvalue weighted by molar-refractivity contribution is -0.137. The predicted octanol–water partition coefficient (Wildman–Crippen LogP) is 5.67. The van der Waals surface area contributed by atoms with Crippen LogP contribution in [0.15, 0.2) is 36.7 Å². The molecule has 0 aliphatic heterocycles. The second-order valence-corrected chi connectivity index (χ2v) is 7.76. The van der Waals surface area contributed by atoms with E-state index in [0.717, 1.165) is 37.8 Å². The number of carbonyl (C=O) groups excluding carboxylic acids is 1. The first-order valence-corrected chi connectivity index (χ1v) is 10.5. The molecule has 0 aliphatic rings. The molecule has 3 rings (SSSR count). The van der Waals surface area contributed by atoms with Gasteiger partial charge in [-0.3, -0.25) is 4.79 Å². The molecule has 0 spiro atoms. The van der Waals surface area contributed by atoms with E-state index in [1.165, 1.54) is 23.0 Å². The Balaban J connectivity index is 1.85. The number of alkyl halides is 3. The maximum absolute atomic E-state index is 13.1. The third-order valence-electron chi connectivity index (χ3n) is 5.61. The summed E-state index contributed by atoms with van der Waals surface area (Å²) in [6, 6.07) is 5.06. The minimum absolute atomic E-state index is 0.224. The number of aryl methyl sites for hydroxylation is 1. The number of amides is 1. The zero-order valence-electron chi connectivity index (χ0n) is 18.0. The van der Waals surface area contributed by atoms with Crippen LogP contribution in [0.2, 0.25) is 0 Å². The Morgan fingerprint density at radius 1 is 1.23 bits per heavy atom. The van der Waals surface area contributed by atoms with Gasteiger partial charge in [-0.1, -0.05) is 45.2 Å². The lowest BCUT2D eigenvalue weighted by Crippen LogP contribution is -2.30. The highest BCUT2D eigenvalue weighted by Gasteiger charge is 2.30. The minimum atomic E-state index is -4.43. The Kier molecular flexibility index (Phi) is 6.97. The molecular weight excluding hydrogens is 405 g/mol. The van der Waals surface area contributed by atoms with Gasteiger partial charge in [-0.2, -0.15) is 18.3 Å². The summed E-state index contributed by atoms with van der Waals surface area (Å²) in [5.41, 5.74) is 1.51. The van der Waals surface area contributed by atoms with Crippen molar-refractivity contribution in [3.63, 3.8) is 0 Å². The van der Waals surface area contributed by atoms with Crippen LogP contribution in [-0.4, -0.2) is 27.0 Å². The van der Waals surface area contributed by atoms with Gasteiger partial charge in [0.1, 0.15) is 0 Å². The van der Waals surface area contributed by atoms with E-state index < -0.39 is 11.7 Å². The summed E-state index contributed by atoms with van der Waals surface area (Å²) in [4.78, 5) is 17.1. The van der Waals surface area contributed by atoms with Gasteiger partial charge in [0.05, 0.1) is 23.0 Å². The molecule has 1 N–H and O–H groups in total. The minimum Gasteiger partial charge on any atom is -0.352 e. The van der Waals surface area contributed by atoms with E-state index in [1.54, 1.807) is 13.0 Å². The van der Waals surface area contributed by atoms with Gasteiger partial charge >= 0.3 is 6.18 Å². The molecular formula is C23H27F3N4O. The summed E-state index contributed by atoms with van der Waals surface area (Å²) in [5.74, 6) is 0.205. The van der Waals surface area contributed by atoms with Crippen LogP contribution in [0.25, 0.3) is 16.8 Å². The van der Waals surface area contributed by atoms with E-state index in [9.17, 15) is 18.0 Å². The van der Waals surface area contributed by atoms with Crippen LogP contribution in [-0.2, 0) is 6.18 Å². The average molecular weight is 432 g/mol. The summed E-state index contributed by atoms with van der Waals surface area (Å²) in [6.45, 7) is 6.61. The summed E-state index contributed by atoms with van der Waals surface area (Å²) in [5, 5.41) is 7.26. The number of carbonyl (C=O) groups is 1. The molecule has 1 amide bonds. The van der Waals surface area contributed by atoms with Crippen molar-refractivity contribution in [1.29, 1.82) is 0 Å². The summed E-state index contributed by atoms with van der Waals surface area (Å²) in [6.07, 6.45) is 2.83. The largest absolute Gasteiger partial charge is 0.416 e. The summed E-state index contributed by atoms with van der Waals surface area (Å²) in [7, 11) is 0. The Morgan fingerprint density at radius 2 is 2.00 bits per heavy atom. The topological polar surface area (TPSA) is 59.3 Å². The predicted molar refractivity (Wildman–Crippen MR) is 114 cm³/mol. The number of fused-ring (bicyclic) bond motifs is 1. The summed E-state index contributed by atoms with van der Waals surface area (Å²) < 4.78 is 40.7. The zero-order valence-corrected chi connectivity index (χ0v) is 18.0. The lowest BCUT2D eigenvalue weighted by atomic mass is 9.99. The zero-order chi connectivity index (χ0) is 22.6. The number of unbranched alkanes of at least 4 members (excludes halogenated alkanes) is 1. The van der Waals surface area contributed by atoms with Crippen LogP contribution in [0.5, 0.6) is 0 Å². The van der Waals surface area contributed by atoms with E-state index in [-0.39, 0.29) is 5.91 Å². The van der Waals surface area contributed by atoms with Gasteiger partial charge in [0.2, 0.25) is 0 Å². The first-order chi connectivity index (χ1) is 14.8. The van der Waals surface area contributed by atoms with Crippen molar-refractivity contribution in [1.82, 2.24) is 19.9 Å². The van der Waals surface area contributed by atoms with Crippen LogP contribution in [0, 0.1) is 12.8 Å². The second kappa shape index (κ2) is 9.49. The van der Waals surface area contributed by atoms with Gasteiger partial charge in [0.15, 0.2) is 5.65 Å². The van der Waals surface area contributed by atoms with Crippen LogP contribution in [0.1, 0.15) is 61.1 Å². The molecule has 2 aromatic heterocycles. The smallest absolute Gasteiger partial charge is 0.352 e. The Morgan fingerprint density at radius 3 is 2.68 bits per heavy atom. The van der Waals surface area contributed by atoms with Crippen molar-refractivity contribution in [2.75, 3.05) is 6.54 Å². The molecule has 8 heteroatoms. The first-order valence-electron chi connectivity index (χ1n) is 10.5. The van der Waals surface area contributed by atoms with Gasteiger partial charge in [-0.15, -0.1) is 0 Å². The Hall–Kier alpha value is -2.90. The molecule has 0 radical (unpaired) electrons. The Bertz CT molecular complexity index is 1060. The average Bonchev–Trinajstić information content (AvgIpc) is 3.18. The van der Waals surface area contributed by atoms with Gasteiger partial charge < -0.3 is 5.32 Å². The highest BCUT2D eigenvalue weighted by molar-refractivity contribution is 5.95. The number of halogens is 3. The molecule has 0 unspecified atom stereocenters. The molecule has 5 nitrogen and oxygen atoms in total. The van der Waals surface area contributed by atoms with Gasteiger partial charge in [-0.05, 0) is 37.0 Å². The number of benzene rings is 1. The first kappa shape index (κ1) is 22.8. The molecule has 3 aromatic rings. The highest BCUT2D eigenvalue weighted by atomic mass is 19.4. The monoisotopic (exact) mass is 432 g/mol. The van der Waals surface area contributed by atoms with Crippen molar-refractivity contribution in [3.8, 4) is 11.1 Å². The molecule has 0 saturated carbocycles. The highest BCUT2D eigenvalue weighted by Crippen LogP contribution is 2.33. The quantitative estimate of drug-likeness (QED) is 0.499. The number of nitrogens with one attached hydrogen (secondary N) is 1. The number of aromatic nitrogens is 3. The fourth-order valence-corrected chi connectivity index (χ4v) is 3.61. The van der Waals surface area contributed by atoms with Gasteiger partial charge in [0, 0.05) is 18.3 Å². The SMILES string of the molecule is CCCC[C@H](CC)CNC(=O)c1cnc2c(-c3cccc(C(F)(F)F)c3)cnn2c1C. The molecule has 1 atom stereocenters. The van der Waals surface area contributed by atoms with Crippen LogP contribution >= 0.6 is 0 Å². The molecule has 1 aromatic carbocycles. The van der Waals surface area contributed by atoms with Crippen molar-refractivity contribution in [3.05, 3.63) is 53.5 Å². The standard InChI is InChI=1S/C23H27F3N4O/c1-4-6-8-16(5-2)12-28-22(31)19-13-27-21-20(14-29-30(21)15(19)3)17-9-7-10-18(11-17)23(24,25)26/h7,9-11,13-14,16H,4-6,8,12H2,1-3H3,(H,28,31)/t16-/m0/s1. The van der Waals surface area contributed by atoms with Crippen LogP contribution in [0.4, 0.5) is 13.2 Å². The lowest BCUT2D eigenvalue weighted by Gasteiger charge is -2.16. The van der Waals surface area contributed by atoms with Crippen molar-refractivity contribution in [2.24, 2.45) is 5.92 Å². The number of hydrogen-bond acceptors (Lipinski definition) is 3. The molecule has 31 heavy (non-hydrogen) atoms. The number of hydrogen-bond donors (Lipinski definition) is 1. The van der Waals surface area contributed by atoms with E-state index in [0.29, 0.717) is 40.5 Å². The normalized spacial score (nSPS) is 12.8. The molecule has 0 fully saturated rings. The Labute approximate surface area is 179 Å². The molecule has 166 valence electrons. The van der Waals surface area contributed by atoms with Crippen LogP contribution in [0.3, 0.4) is 0 Å². The maximum Gasteiger partial charge on any atom is 0.416 e. The fourth-order valence-electron chi connectivity index (χ4n) is 3.61. The molecule has 2 heterocycles. The van der Waals surface area contributed by atoms with Gasteiger partial charge in [-0.25, -0.2) is 9.50 Å². The van der Waals surface area contributed by atoms with Crippen LogP contribution < -0.4 is 5.32 Å². The van der Waals surface area contributed by atoms with E-state index >= 15 is 0 Å². The van der Waals surface area contributed by atoms with E-state index in [4.69, 9.17) is 0 Å². The molecule has 0 bridgehead atoms. The van der Waals surface area contributed by atoms with Gasteiger partial charge in [0.25, 0.3) is 5.91 Å². The molecule has 0 saturated heterocycles. The van der Waals surface area contributed by atoms with Crippen molar-refractivity contribution < 1.29 is 18.0 Å². The number of nitrogens with zero attached hydrogens (tertiary/aromatic N) is 3. The van der Waals surface area contributed by atoms with Crippen molar-refractivity contribution in [2.45, 2.75) is 52.6 Å². The van der Waals surface area contributed by atoms with E-state index in [1.807, 2.05) is 0 Å². The fraction of sp³-hybridized carbons (Fsp3) is 0.435. The van der Waals surface area contributed by atoms with E-state index in [2.05, 4.69) is 29.2 Å². The third-order valence-corrected chi connectivity index (χ3v) is 5.61. The second-order valence-electron chi connectivity index (χ2n) is 7.76. The maximum atomic E-state index is 13.1. The molecule has 0 aliphatic carbocycles.